The van der Waals surface area contributed by atoms with E-state index in [1.165, 1.54) is 31.4 Å². The Morgan fingerprint density at radius 2 is 1.93 bits per heavy atom. The molecule has 0 aliphatic rings. The topological polar surface area (TPSA) is 103 Å². The lowest BCUT2D eigenvalue weighted by atomic mass is 10.2. The van der Waals surface area contributed by atoms with Gasteiger partial charge < -0.3 is 10.1 Å². The predicted octanol–water partition coefficient (Wildman–Crippen LogP) is 2.68. The fourth-order valence-corrected chi connectivity index (χ4v) is 3.89. The number of rotatable bonds is 7. The van der Waals surface area contributed by atoms with Crippen molar-refractivity contribution in [3.05, 3.63) is 48.3 Å². The molecule has 3 aromatic rings. The molecule has 9 heteroatoms. The molecule has 0 aliphatic carbocycles. The van der Waals surface area contributed by atoms with E-state index in [1.807, 2.05) is 18.5 Å². The molecule has 2 heterocycles. The third-order valence-corrected chi connectivity index (χ3v) is 5.91. The minimum Gasteiger partial charge on any atom is -0.384 e. The zero-order valence-electron chi connectivity index (χ0n) is 15.9. The highest BCUT2D eigenvalue weighted by molar-refractivity contribution is 7.91. The molecular formula is C19H22N4O4S. The maximum atomic E-state index is 12.5. The van der Waals surface area contributed by atoms with Gasteiger partial charge in [-0.3, -0.25) is 4.79 Å². The minimum atomic E-state index is -3.43. The number of nitrogens with zero attached hydrogens (tertiary/aromatic N) is 3. The average Bonchev–Trinajstić information content (AvgIpc) is 3.10. The molecule has 0 spiro atoms. The number of nitrogens with one attached hydrogen (secondary N) is 1. The molecule has 0 bridgehead atoms. The highest BCUT2D eigenvalue weighted by Crippen LogP contribution is 2.20. The molecule has 0 saturated carbocycles. The molecule has 0 fully saturated rings. The van der Waals surface area contributed by atoms with Gasteiger partial charge in [0.05, 0.1) is 35.3 Å². The Labute approximate surface area is 163 Å². The van der Waals surface area contributed by atoms with E-state index < -0.39 is 9.84 Å². The molecule has 8 nitrogen and oxygen atoms in total. The van der Waals surface area contributed by atoms with Gasteiger partial charge in [0.2, 0.25) is 0 Å². The van der Waals surface area contributed by atoms with Gasteiger partial charge in [-0.1, -0.05) is 0 Å². The highest BCUT2D eigenvalue weighted by atomic mass is 32.2. The molecule has 0 radical (unpaired) electrons. The normalized spacial score (nSPS) is 11.9. The summed E-state index contributed by atoms with van der Waals surface area (Å²) in [5.74, 6) is -0.455. The average molecular weight is 402 g/mol. The van der Waals surface area contributed by atoms with Crippen LogP contribution in [0.5, 0.6) is 0 Å². The largest absolute Gasteiger partial charge is 0.384 e. The Morgan fingerprint density at radius 1 is 1.21 bits per heavy atom. The summed E-state index contributed by atoms with van der Waals surface area (Å²) < 4.78 is 30.9. The van der Waals surface area contributed by atoms with Gasteiger partial charge in [0.1, 0.15) is 0 Å². The molecule has 3 rings (SSSR count). The number of hydrogen-bond donors (Lipinski definition) is 1. The van der Waals surface area contributed by atoms with Crippen LogP contribution in [0.1, 0.15) is 30.2 Å². The van der Waals surface area contributed by atoms with E-state index in [4.69, 9.17) is 4.74 Å². The first kappa shape index (κ1) is 20.0. The molecule has 0 saturated heterocycles. The summed E-state index contributed by atoms with van der Waals surface area (Å²) in [5.41, 5.74) is 1.64. The van der Waals surface area contributed by atoms with E-state index in [-0.39, 0.29) is 29.2 Å². The maximum Gasteiger partial charge on any atom is 0.255 e. The van der Waals surface area contributed by atoms with E-state index in [9.17, 15) is 13.2 Å². The Hall–Kier alpha value is -2.78. The van der Waals surface area contributed by atoms with Gasteiger partial charge in [-0.05, 0) is 44.2 Å². The summed E-state index contributed by atoms with van der Waals surface area (Å²) in [6, 6.07) is 7.80. The number of hydrogen-bond acceptors (Lipinski definition) is 6. The smallest absolute Gasteiger partial charge is 0.255 e. The van der Waals surface area contributed by atoms with E-state index in [1.54, 1.807) is 18.5 Å². The van der Waals surface area contributed by atoms with Crippen molar-refractivity contribution in [3.8, 4) is 0 Å². The number of amides is 1. The standard InChI is InChI=1S/C19H22N4O4S/c1-13(2)23-18-15(11-21-23)10-16(12-20-18)22-19(24)14-4-6-17(7-5-14)28(25,26)9-8-27-3/h4-7,10-13H,8-9H2,1-3H3,(H,22,24). The van der Waals surface area contributed by atoms with Crippen LogP contribution >= 0.6 is 0 Å². The van der Waals surface area contributed by atoms with Gasteiger partial charge >= 0.3 is 0 Å². The summed E-state index contributed by atoms with van der Waals surface area (Å²) in [4.78, 5) is 17.0. The second-order valence-electron chi connectivity index (χ2n) is 6.61. The lowest BCUT2D eigenvalue weighted by Gasteiger charge is -2.08. The Morgan fingerprint density at radius 3 is 2.57 bits per heavy atom. The number of anilines is 1. The number of fused-ring (bicyclic) bond motifs is 1. The number of sulfone groups is 1. The zero-order valence-corrected chi connectivity index (χ0v) is 16.7. The molecule has 2 aromatic heterocycles. The number of benzene rings is 1. The fraction of sp³-hybridized carbons (Fsp3) is 0.316. The van der Waals surface area contributed by atoms with Gasteiger partial charge in [0, 0.05) is 24.1 Å². The molecule has 0 atom stereocenters. The van der Waals surface area contributed by atoms with Crippen LogP contribution in [0.2, 0.25) is 0 Å². The predicted molar refractivity (Wildman–Crippen MR) is 106 cm³/mol. The highest BCUT2D eigenvalue weighted by Gasteiger charge is 2.15. The number of pyridine rings is 1. The van der Waals surface area contributed by atoms with Crippen LogP contribution in [0.25, 0.3) is 11.0 Å². The van der Waals surface area contributed by atoms with E-state index in [0.29, 0.717) is 11.3 Å². The van der Waals surface area contributed by atoms with E-state index in [2.05, 4.69) is 15.4 Å². The second kappa shape index (κ2) is 8.07. The van der Waals surface area contributed by atoms with Crippen molar-refractivity contribution < 1.29 is 17.9 Å². The van der Waals surface area contributed by atoms with Crippen molar-refractivity contribution in [2.45, 2.75) is 24.8 Å². The fourth-order valence-electron chi connectivity index (χ4n) is 2.71. The first-order valence-corrected chi connectivity index (χ1v) is 10.4. The van der Waals surface area contributed by atoms with Crippen LogP contribution in [0.3, 0.4) is 0 Å². The van der Waals surface area contributed by atoms with Crippen molar-refractivity contribution >= 4 is 32.5 Å². The van der Waals surface area contributed by atoms with Gasteiger partial charge in [-0.2, -0.15) is 5.10 Å². The Balaban J connectivity index is 1.75. The molecule has 0 unspecified atom stereocenters. The van der Waals surface area contributed by atoms with Crippen molar-refractivity contribution in [1.29, 1.82) is 0 Å². The van der Waals surface area contributed by atoms with Gasteiger partial charge in [-0.15, -0.1) is 0 Å². The molecule has 1 amide bonds. The molecule has 28 heavy (non-hydrogen) atoms. The summed E-state index contributed by atoms with van der Waals surface area (Å²) in [6.07, 6.45) is 3.28. The van der Waals surface area contributed by atoms with Crippen LogP contribution in [0, 0.1) is 0 Å². The van der Waals surface area contributed by atoms with Crippen LogP contribution in [-0.2, 0) is 14.6 Å². The van der Waals surface area contributed by atoms with Crippen LogP contribution in [0.4, 0.5) is 5.69 Å². The number of carbonyl (C=O) groups excluding carboxylic acids is 1. The van der Waals surface area contributed by atoms with Gasteiger partial charge in [0.15, 0.2) is 15.5 Å². The zero-order chi connectivity index (χ0) is 20.3. The molecule has 148 valence electrons. The minimum absolute atomic E-state index is 0.106. The summed E-state index contributed by atoms with van der Waals surface area (Å²) in [7, 11) is -1.98. The number of ether oxygens (including phenoxy) is 1. The first-order valence-electron chi connectivity index (χ1n) is 8.78. The van der Waals surface area contributed by atoms with Crippen molar-refractivity contribution in [1.82, 2.24) is 14.8 Å². The number of methoxy groups -OCH3 is 1. The quantitative estimate of drug-likeness (QED) is 0.652. The SMILES string of the molecule is COCCS(=O)(=O)c1ccc(C(=O)Nc2cnc3c(cnn3C(C)C)c2)cc1. The Kier molecular flexibility index (Phi) is 5.76. The van der Waals surface area contributed by atoms with Crippen molar-refractivity contribution in [2.75, 3.05) is 24.8 Å². The number of aromatic nitrogens is 3. The second-order valence-corrected chi connectivity index (χ2v) is 8.72. The van der Waals surface area contributed by atoms with Crippen molar-refractivity contribution in [3.63, 3.8) is 0 Å². The summed E-state index contributed by atoms with van der Waals surface area (Å²) in [6.45, 7) is 4.15. The number of carbonyl (C=O) groups is 1. The third kappa shape index (κ3) is 4.20. The summed E-state index contributed by atoms with van der Waals surface area (Å²) in [5, 5.41) is 7.90. The van der Waals surface area contributed by atoms with Crippen LogP contribution in [0.15, 0.2) is 47.6 Å². The monoisotopic (exact) mass is 402 g/mol. The molecule has 1 N–H and O–H groups in total. The molecule has 0 aliphatic heterocycles. The van der Waals surface area contributed by atoms with Gasteiger partial charge in [0.25, 0.3) is 5.91 Å². The third-order valence-electron chi connectivity index (χ3n) is 4.21. The molecule has 1 aromatic carbocycles. The summed E-state index contributed by atoms with van der Waals surface area (Å²) >= 11 is 0. The van der Waals surface area contributed by atoms with E-state index >= 15 is 0 Å². The Bertz CT molecular complexity index is 1090. The van der Waals surface area contributed by atoms with Gasteiger partial charge in [-0.25, -0.2) is 18.1 Å². The van der Waals surface area contributed by atoms with Crippen molar-refractivity contribution in [2.24, 2.45) is 0 Å². The van der Waals surface area contributed by atoms with E-state index in [0.717, 1.165) is 11.0 Å². The maximum absolute atomic E-state index is 12.5. The lowest BCUT2D eigenvalue weighted by Crippen LogP contribution is -2.14. The van der Waals surface area contributed by atoms with Crippen LogP contribution in [-0.4, -0.2) is 48.6 Å². The molecular weight excluding hydrogens is 380 g/mol. The van der Waals surface area contributed by atoms with Crippen LogP contribution < -0.4 is 5.32 Å². The first-order chi connectivity index (χ1) is 13.3. The lowest BCUT2D eigenvalue weighted by molar-refractivity contribution is 0.102.